The monoisotopic (exact) mass is 319 g/mol. The smallest absolute Gasteiger partial charge is 0.252 e. The minimum atomic E-state index is -0.554. The topological polar surface area (TPSA) is 47.6 Å². The standard InChI is InChI=1S/C12H15BrFNO3/c1-7(12(17-2)18-3)15-11(16)9-6-8(14)4-5-10(9)13/h4-7,12H,1-3H3,(H,15,16). The number of halogens is 2. The molecule has 1 amide bonds. The number of benzene rings is 1. The van der Waals surface area contributed by atoms with Crippen molar-refractivity contribution in [2.45, 2.75) is 19.3 Å². The van der Waals surface area contributed by atoms with Crippen molar-refractivity contribution in [3.8, 4) is 0 Å². The Morgan fingerprint density at radius 1 is 1.39 bits per heavy atom. The number of ether oxygens (including phenoxy) is 2. The van der Waals surface area contributed by atoms with Gasteiger partial charge in [0.25, 0.3) is 5.91 Å². The van der Waals surface area contributed by atoms with Crippen molar-refractivity contribution >= 4 is 21.8 Å². The van der Waals surface area contributed by atoms with E-state index in [0.717, 1.165) is 0 Å². The lowest BCUT2D eigenvalue weighted by Crippen LogP contribution is -2.43. The third-order valence-corrected chi connectivity index (χ3v) is 3.10. The summed E-state index contributed by atoms with van der Waals surface area (Å²) in [4.78, 5) is 11.9. The van der Waals surface area contributed by atoms with Crippen LogP contribution in [-0.2, 0) is 9.47 Å². The molecule has 0 bridgehead atoms. The van der Waals surface area contributed by atoms with Crippen LogP contribution in [0.2, 0.25) is 0 Å². The Bertz CT molecular complexity index is 424. The second-order valence-electron chi connectivity index (χ2n) is 3.73. The van der Waals surface area contributed by atoms with Crippen LogP contribution in [0.15, 0.2) is 22.7 Å². The molecule has 1 aromatic rings. The van der Waals surface area contributed by atoms with E-state index in [1.807, 2.05) is 0 Å². The molecule has 1 aromatic carbocycles. The highest BCUT2D eigenvalue weighted by Gasteiger charge is 2.20. The molecular formula is C12H15BrFNO3. The normalized spacial score (nSPS) is 12.6. The van der Waals surface area contributed by atoms with E-state index >= 15 is 0 Å². The Morgan fingerprint density at radius 3 is 2.56 bits per heavy atom. The Balaban J connectivity index is 2.79. The maximum Gasteiger partial charge on any atom is 0.252 e. The molecular weight excluding hydrogens is 305 g/mol. The molecule has 0 saturated carbocycles. The Labute approximate surface area is 114 Å². The van der Waals surface area contributed by atoms with E-state index in [0.29, 0.717) is 4.47 Å². The van der Waals surface area contributed by atoms with Crippen LogP contribution in [0, 0.1) is 5.82 Å². The van der Waals surface area contributed by atoms with E-state index in [4.69, 9.17) is 9.47 Å². The van der Waals surface area contributed by atoms with E-state index in [2.05, 4.69) is 21.2 Å². The van der Waals surface area contributed by atoms with Gasteiger partial charge in [0, 0.05) is 18.7 Å². The summed E-state index contributed by atoms with van der Waals surface area (Å²) in [7, 11) is 2.96. The lowest BCUT2D eigenvalue weighted by molar-refractivity contribution is -0.117. The molecule has 0 fully saturated rings. The van der Waals surface area contributed by atoms with Gasteiger partial charge in [0.15, 0.2) is 6.29 Å². The first-order valence-electron chi connectivity index (χ1n) is 5.31. The molecule has 100 valence electrons. The van der Waals surface area contributed by atoms with Crippen molar-refractivity contribution in [2.75, 3.05) is 14.2 Å². The quantitative estimate of drug-likeness (QED) is 0.847. The van der Waals surface area contributed by atoms with Crippen molar-refractivity contribution in [1.82, 2.24) is 5.32 Å². The number of hydrogen-bond acceptors (Lipinski definition) is 3. The fraction of sp³-hybridized carbons (Fsp3) is 0.417. The van der Waals surface area contributed by atoms with Crippen molar-refractivity contribution in [3.63, 3.8) is 0 Å². The van der Waals surface area contributed by atoms with Gasteiger partial charge in [0.2, 0.25) is 0 Å². The van der Waals surface area contributed by atoms with Gasteiger partial charge in [-0.05, 0) is 41.1 Å². The average Bonchev–Trinajstić information content (AvgIpc) is 2.33. The highest BCUT2D eigenvalue weighted by Crippen LogP contribution is 2.18. The summed E-state index contributed by atoms with van der Waals surface area (Å²) in [6.45, 7) is 1.74. The fourth-order valence-corrected chi connectivity index (χ4v) is 1.96. The molecule has 0 aliphatic rings. The molecule has 0 radical (unpaired) electrons. The molecule has 18 heavy (non-hydrogen) atoms. The maximum atomic E-state index is 13.1. The third-order valence-electron chi connectivity index (χ3n) is 2.40. The van der Waals surface area contributed by atoms with E-state index < -0.39 is 18.0 Å². The number of rotatable bonds is 5. The summed E-state index contributed by atoms with van der Waals surface area (Å²) in [5.74, 6) is -0.862. The summed E-state index contributed by atoms with van der Waals surface area (Å²) in [6.07, 6.45) is -0.554. The molecule has 0 saturated heterocycles. The van der Waals surface area contributed by atoms with Gasteiger partial charge >= 0.3 is 0 Å². The molecule has 4 nitrogen and oxygen atoms in total. The van der Waals surface area contributed by atoms with Crippen molar-refractivity contribution in [3.05, 3.63) is 34.1 Å². The van der Waals surface area contributed by atoms with Crippen LogP contribution >= 0.6 is 15.9 Å². The lowest BCUT2D eigenvalue weighted by Gasteiger charge is -2.22. The largest absolute Gasteiger partial charge is 0.354 e. The molecule has 1 atom stereocenters. The van der Waals surface area contributed by atoms with Gasteiger partial charge in [0.1, 0.15) is 5.82 Å². The van der Waals surface area contributed by atoms with Crippen LogP contribution in [0.1, 0.15) is 17.3 Å². The van der Waals surface area contributed by atoms with Gasteiger partial charge in [-0.3, -0.25) is 4.79 Å². The number of carbonyl (C=O) groups excluding carboxylic acids is 1. The summed E-state index contributed by atoms with van der Waals surface area (Å²) in [5, 5.41) is 2.68. The van der Waals surface area contributed by atoms with E-state index in [1.54, 1.807) is 6.92 Å². The SMILES string of the molecule is COC(OC)C(C)NC(=O)c1cc(F)ccc1Br. The van der Waals surface area contributed by atoms with Crippen molar-refractivity contribution in [2.24, 2.45) is 0 Å². The van der Waals surface area contributed by atoms with Crippen LogP contribution in [0.25, 0.3) is 0 Å². The van der Waals surface area contributed by atoms with Gasteiger partial charge in [-0.1, -0.05) is 0 Å². The summed E-state index contributed by atoms with van der Waals surface area (Å²) in [5.41, 5.74) is 0.229. The molecule has 0 heterocycles. The van der Waals surface area contributed by atoms with Crippen LogP contribution in [0.3, 0.4) is 0 Å². The average molecular weight is 320 g/mol. The Morgan fingerprint density at radius 2 is 2.00 bits per heavy atom. The van der Waals surface area contributed by atoms with Gasteiger partial charge in [-0.25, -0.2) is 4.39 Å². The Hall–Kier alpha value is -0.980. The van der Waals surface area contributed by atoms with Crippen LogP contribution in [0.5, 0.6) is 0 Å². The summed E-state index contributed by atoms with van der Waals surface area (Å²) in [6, 6.07) is 3.57. The van der Waals surface area contributed by atoms with Crippen molar-refractivity contribution in [1.29, 1.82) is 0 Å². The first-order chi connectivity index (χ1) is 8.49. The predicted molar refractivity (Wildman–Crippen MR) is 68.8 cm³/mol. The highest BCUT2D eigenvalue weighted by atomic mass is 79.9. The lowest BCUT2D eigenvalue weighted by atomic mass is 10.2. The maximum absolute atomic E-state index is 13.1. The minimum absolute atomic E-state index is 0.229. The highest BCUT2D eigenvalue weighted by molar-refractivity contribution is 9.10. The predicted octanol–water partition coefficient (Wildman–Crippen LogP) is 2.33. The molecule has 1 N–H and O–H groups in total. The van der Waals surface area contributed by atoms with Crippen LogP contribution < -0.4 is 5.32 Å². The summed E-state index contributed by atoms with van der Waals surface area (Å²) >= 11 is 3.20. The molecule has 1 rings (SSSR count). The second kappa shape index (κ2) is 6.82. The minimum Gasteiger partial charge on any atom is -0.354 e. The molecule has 6 heteroatoms. The zero-order chi connectivity index (χ0) is 13.7. The molecule has 0 aromatic heterocycles. The van der Waals surface area contributed by atoms with Crippen molar-refractivity contribution < 1.29 is 18.7 Å². The molecule has 0 aliphatic carbocycles. The number of nitrogens with one attached hydrogen (secondary N) is 1. The van der Waals surface area contributed by atoms with Crippen LogP contribution in [-0.4, -0.2) is 32.5 Å². The molecule has 0 aliphatic heterocycles. The molecule has 1 unspecified atom stereocenters. The van der Waals surface area contributed by atoms with Gasteiger partial charge < -0.3 is 14.8 Å². The van der Waals surface area contributed by atoms with E-state index in [1.165, 1.54) is 32.4 Å². The third kappa shape index (κ3) is 3.76. The number of amides is 1. The fourth-order valence-electron chi connectivity index (χ4n) is 1.53. The van der Waals surface area contributed by atoms with Gasteiger partial charge in [-0.15, -0.1) is 0 Å². The number of hydrogen-bond donors (Lipinski definition) is 1. The zero-order valence-corrected chi connectivity index (χ0v) is 12.0. The van der Waals surface area contributed by atoms with E-state index in [-0.39, 0.29) is 11.6 Å². The van der Waals surface area contributed by atoms with Crippen LogP contribution in [0.4, 0.5) is 4.39 Å². The first kappa shape index (κ1) is 15.1. The van der Waals surface area contributed by atoms with Gasteiger partial charge in [-0.2, -0.15) is 0 Å². The van der Waals surface area contributed by atoms with Gasteiger partial charge in [0.05, 0.1) is 11.6 Å². The Kier molecular flexibility index (Phi) is 5.71. The first-order valence-corrected chi connectivity index (χ1v) is 6.10. The number of carbonyl (C=O) groups is 1. The molecule has 0 spiro atoms. The zero-order valence-electron chi connectivity index (χ0n) is 10.4. The number of methoxy groups -OCH3 is 2. The summed E-state index contributed by atoms with van der Waals surface area (Å²) < 4.78 is 23.7. The second-order valence-corrected chi connectivity index (χ2v) is 4.58. The van der Waals surface area contributed by atoms with E-state index in [9.17, 15) is 9.18 Å².